The molecular formula is C32H24BCl2F2N3. The molecule has 0 bridgehead atoms. The molecule has 5 aromatic carbocycles. The van der Waals surface area contributed by atoms with E-state index >= 15 is 8.63 Å². The molecule has 3 heterocycles. The van der Waals surface area contributed by atoms with Gasteiger partial charge in [-0.25, -0.2) is 0 Å². The second-order valence-electron chi connectivity index (χ2n) is 10.4. The maximum atomic E-state index is 17.1. The van der Waals surface area contributed by atoms with Crippen LogP contribution < -0.4 is 15.2 Å². The van der Waals surface area contributed by atoms with Crippen molar-refractivity contribution in [2.75, 3.05) is 19.4 Å². The molecule has 3 nitrogen and oxygen atoms in total. The molecule has 0 atom stereocenters. The van der Waals surface area contributed by atoms with Crippen molar-refractivity contribution in [1.29, 1.82) is 0 Å². The van der Waals surface area contributed by atoms with Gasteiger partial charge in [0.15, 0.2) is 11.0 Å². The highest BCUT2D eigenvalue weighted by atomic mass is 35.5. The monoisotopic (exact) mass is 569 g/mol. The van der Waals surface area contributed by atoms with Crippen LogP contribution in [0.3, 0.4) is 0 Å². The van der Waals surface area contributed by atoms with Crippen molar-refractivity contribution in [2.45, 2.75) is 0 Å². The van der Waals surface area contributed by atoms with Gasteiger partial charge in [0.2, 0.25) is 0 Å². The lowest BCUT2D eigenvalue weighted by atomic mass is 9.92. The van der Waals surface area contributed by atoms with Crippen molar-refractivity contribution in [2.24, 2.45) is 0 Å². The highest BCUT2D eigenvalue weighted by Crippen LogP contribution is 2.44. The van der Waals surface area contributed by atoms with Gasteiger partial charge in [0.1, 0.15) is 0 Å². The molecule has 1 aromatic heterocycles. The first-order valence-electron chi connectivity index (χ1n) is 13.0. The summed E-state index contributed by atoms with van der Waals surface area (Å²) in [4.78, 5) is 1.84. The first-order chi connectivity index (χ1) is 19.4. The van der Waals surface area contributed by atoms with E-state index in [1.807, 2.05) is 98.0 Å². The first-order valence-corrected chi connectivity index (χ1v) is 14.1. The van der Waals surface area contributed by atoms with Crippen LogP contribution in [0.15, 0.2) is 91.0 Å². The standard InChI is InChI=1S/C31H22BF2N3.CH2Cl2/c1-35(2)18-27-23-13-7-8-14-24(23)30-25-17-20-10-4-6-12-22(20)29-28-21-11-5-3-9-19(21)15-16-26(28)36(31(25)29)32(33,34)37(27)30;2-1-3/h3-18H,1-2H3;1H2/b27-18+;. The highest BCUT2D eigenvalue weighted by Gasteiger charge is 2.52. The maximum absolute atomic E-state index is 17.1. The van der Waals surface area contributed by atoms with Crippen molar-refractivity contribution in [3.05, 3.63) is 112 Å². The zero-order valence-corrected chi connectivity index (χ0v) is 23.4. The van der Waals surface area contributed by atoms with Crippen LogP contribution in [0, 0.1) is 10.6 Å². The molecule has 2 aliphatic rings. The topological polar surface area (TPSA) is 11.2 Å². The van der Waals surface area contributed by atoms with Gasteiger partial charge >= 0.3 is 6.97 Å². The third-order valence-corrected chi connectivity index (χ3v) is 7.89. The molecule has 8 heteroatoms. The van der Waals surface area contributed by atoms with Gasteiger partial charge in [-0.2, -0.15) is 0 Å². The van der Waals surface area contributed by atoms with E-state index in [9.17, 15) is 0 Å². The average molecular weight is 570 g/mol. The van der Waals surface area contributed by atoms with Gasteiger partial charge in [-0.05, 0) is 33.7 Å². The van der Waals surface area contributed by atoms with E-state index in [4.69, 9.17) is 23.2 Å². The van der Waals surface area contributed by atoms with Crippen LogP contribution in [0.1, 0.15) is 0 Å². The fourth-order valence-corrected chi connectivity index (χ4v) is 6.57. The van der Waals surface area contributed by atoms with Crippen LogP contribution >= 0.6 is 23.2 Å². The summed E-state index contributed by atoms with van der Waals surface area (Å²) in [6.07, 6.45) is 1.81. The predicted molar refractivity (Wildman–Crippen MR) is 165 cm³/mol. The lowest BCUT2D eigenvalue weighted by Gasteiger charge is -2.26. The summed E-state index contributed by atoms with van der Waals surface area (Å²) in [5.41, 5.74) is 2.35. The molecule has 0 aliphatic carbocycles. The fraction of sp³-hybridized carbons (Fsp3) is 0.0938. The molecule has 0 spiro atoms. The van der Waals surface area contributed by atoms with Gasteiger partial charge in [-0.1, -0.05) is 72.8 Å². The van der Waals surface area contributed by atoms with Crippen LogP contribution in [-0.4, -0.2) is 35.8 Å². The van der Waals surface area contributed by atoms with E-state index in [0.717, 1.165) is 48.7 Å². The molecule has 0 fully saturated rings. The number of alkyl halides is 2. The van der Waals surface area contributed by atoms with Crippen molar-refractivity contribution in [1.82, 2.24) is 13.9 Å². The number of nitrogens with zero attached hydrogens (tertiary/aromatic N) is 3. The Bertz CT molecular complexity index is 2240. The van der Waals surface area contributed by atoms with E-state index in [1.54, 1.807) is 0 Å². The lowest BCUT2D eigenvalue weighted by Crippen LogP contribution is -2.57. The summed E-state index contributed by atoms with van der Waals surface area (Å²) in [6, 6.07) is 29.9. The Labute approximate surface area is 239 Å². The summed E-state index contributed by atoms with van der Waals surface area (Å²) in [7, 11) is 3.75. The summed E-state index contributed by atoms with van der Waals surface area (Å²) in [5, 5.41) is 8.52. The summed E-state index contributed by atoms with van der Waals surface area (Å²) in [5.74, 6) is 0. The lowest BCUT2D eigenvalue weighted by molar-refractivity contribution is 0.513. The van der Waals surface area contributed by atoms with E-state index in [1.165, 1.54) is 8.96 Å². The van der Waals surface area contributed by atoms with E-state index < -0.39 is 6.97 Å². The average Bonchev–Trinajstić information content (AvgIpc) is 3.48. The minimum Gasteiger partial charge on any atom is -0.389 e. The molecular weight excluding hydrogens is 546 g/mol. The number of aromatic nitrogens is 1. The van der Waals surface area contributed by atoms with Gasteiger partial charge in [0.25, 0.3) is 0 Å². The van der Waals surface area contributed by atoms with Gasteiger partial charge < -0.3 is 22.5 Å². The quantitative estimate of drug-likeness (QED) is 0.153. The number of fused-ring (bicyclic) bond motifs is 10. The summed E-state index contributed by atoms with van der Waals surface area (Å²) >= 11 is 9.53. The molecule has 0 saturated heterocycles. The predicted octanol–water partition coefficient (Wildman–Crippen LogP) is 7.00. The molecule has 0 unspecified atom stereocenters. The molecule has 40 heavy (non-hydrogen) atoms. The zero-order chi connectivity index (χ0) is 27.8. The Morgan fingerprint density at radius 2 is 1.35 bits per heavy atom. The van der Waals surface area contributed by atoms with E-state index in [-0.39, 0.29) is 5.34 Å². The Morgan fingerprint density at radius 1 is 0.775 bits per heavy atom. The third kappa shape index (κ3) is 3.33. The minimum atomic E-state index is -4.20. The number of hydrogen-bond acceptors (Lipinski definition) is 1. The van der Waals surface area contributed by atoms with Crippen LogP contribution in [0.2, 0.25) is 0 Å². The normalized spacial score (nSPS) is 14.7. The molecule has 0 radical (unpaired) electrons. The number of hydrogen-bond donors (Lipinski definition) is 0. The largest absolute Gasteiger partial charge is 0.738 e. The molecule has 0 saturated carbocycles. The number of benzene rings is 5. The Morgan fingerprint density at radius 3 is 2.02 bits per heavy atom. The molecule has 2 aliphatic heterocycles. The molecule has 0 amide bonds. The maximum Gasteiger partial charge on any atom is 0.738 e. The van der Waals surface area contributed by atoms with Gasteiger partial charge in [-0.15, -0.1) is 23.2 Å². The van der Waals surface area contributed by atoms with Crippen molar-refractivity contribution >= 4 is 74.4 Å². The minimum absolute atomic E-state index is 0.194. The molecule has 6 aromatic rings. The third-order valence-electron chi connectivity index (χ3n) is 7.89. The van der Waals surface area contributed by atoms with Crippen LogP contribution in [0.4, 0.5) is 14.3 Å². The van der Waals surface area contributed by atoms with Crippen molar-refractivity contribution in [3.8, 4) is 11.1 Å². The smallest absolute Gasteiger partial charge is 0.389 e. The van der Waals surface area contributed by atoms with E-state index in [0.29, 0.717) is 21.7 Å². The molecule has 8 rings (SSSR count). The second-order valence-corrected chi connectivity index (χ2v) is 11.2. The highest BCUT2D eigenvalue weighted by molar-refractivity contribution is 6.64. The summed E-state index contributed by atoms with van der Waals surface area (Å²) < 4.78 is 36.9. The Balaban J connectivity index is 0.000000846. The fourth-order valence-electron chi connectivity index (χ4n) is 6.57. The first kappa shape index (κ1) is 25.1. The number of halogens is 4. The van der Waals surface area contributed by atoms with Crippen LogP contribution in [0.25, 0.3) is 49.6 Å². The summed E-state index contributed by atoms with van der Waals surface area (Å²) in [6.45, 7) is -4.20. The van der Waals surface area contributed by atoms with Gasteiger partial charge in [0, 0.05) is 47.8 Å². The van der Waals surface area contributed by atoms with Crippen molar-refractivity contribution < 1.29 is 8.63 Å². The molecule has 0 N–H and O–H groups in total. The SMILES string of the molecule is CN(C)/C=c1\c2ccccc2c2n1[B-](F)(F)[N+]1=c3c(c4ccccc4cc3=2)-c2c1ccc1ccccc21.ClCCl. The second kappa shape index (κ2) is 9.08. The van der Waals surface area contributed by atoms with Crippen molar-refractivity contribution in [3.63, 3.8) is 0 Å². The Kier molecular flexibility index (Phi) is 5.71. The van der Waals surface area contributed by atoms with Crippen LogP contribution in [-0.2, 0) is 0 Å². The van der Waals surface area contributed by atoms with Crippen LogP contribution in [0.5, 0.6) is 0 Å². The Hall–Kier alpha value is -3.87. The van der Waals surface area contributed by atoms with E-state index in [2.05, 4.69) is 18.2 Å². The molecule has 198 valence electrons. The number of rotatable bonds is 1. The van der Waals surface area contributed by atoms with Gasteiger partial charge in [-0.3, -0.25) is 0 Å². The van der Waals surface area contributed by atoms with Gasteiger partial charge in [0.05, 0.1) is 21.7 Å². The zero-order valence-electron chi connectivity index (χ0n) is 21.9.